The summed E-state index contributed by atoms with van der Waals surface area (Å²) in [5.41, 5.74) is 0.391. The van der Waals surface area contributed by atoms with Crippen molar-refractivity contribution in [2.24, 2.45) is 0 Å². The summed E-state index contributed by atoms with van der Waals surface area (Å²) >= 11 is 0. The second kappa shape index (κ2) is 7.60. The van der Waals surface area contributed by atoms with Gasteiger partial charge in [-0.05, 0) is 19.8 Å². The average Bonchev–Trinajstić information content (AvgIpc) is 3.38. The molecule has 0 saturated carbocycles. The largest absolute Gasteiger partial charge is 0.337 e. The number of carbonyl (C=O) groups is 1. The van der Waals surface area contributed by atoms with Crippen molar-refractivity contribution in [3.8, 4) is 0 Å². The van der Waals surface area contributed by atoms with Gasteiger partial charge in [-0.15, -0.1) is 10.2 Å². The van der Waals surface area contributed by atoms with Crippen LogP contribution >= 0.6 is 0 Å². The Labute approximate surface area is 156 Å². The first-order valence-electron chi connectivity index (χ1n) is 9.06. The van der Waals surface area contributed by atoms with Crippen LogP contribution in [0.2, 0.25) is 0 Å². The molecule has 0 unspecified atom stereocenters. The molecule has 4 rings (SSSR count). The van der Waals surface area contributed by atoms with Crippen LogP contribution in [0.4, 0.5) is 0 Å². The molecule has 1 aliphatic rings. The molecule has 0 radical (unpaired) electrons. The molecule has 1 saturated heterocycles. The molecule has 27 heavy (non-hydrogen) atoms. The number of carbonyl (C=O) groups excluding carboxylic acids is 1. The van der Waals surface area contributed by atoms with Crippen molar-refractivity contribution in [3.05, 3.63) is 48.6 Å². The van der Waals surface area contributed by atoms with Crippen LogP contribution in [-0.4, -0.2) is 63.4 Å². The van der Waals surface area contributed by atoms with Crippen LogP contribution in [0, 0.1) is 0 Å². The van der Waals surface area contributed by atoms with E-state index < -0.39 is 0 Å². The van der Waals surface area contributed by atoms with Gasteiger partial charge in [-0.2, -0.15) is 5.10 Å². The molecule has 0 atom stereocenters. The van der Waals surface area contributed by atoms with Crippen molar-refractivity contribution in [1.82, 2.24) is 44.4 Å². The van der Waals surface area contributed by atoms with Gasteiger partial charge in [0.1, 0.15) is 30.7 Å². The fourth-order valence-electron chi connectivity index (χ4n) is 3.48. The van der Waals surface area contributed by atoms with E-state index in [0.29, 0.717) is 25.3 Å². The van der Waals surface area contributed by atoms with Crippen LogP contribution in [0.3, 0.4) is 0 Å². The molecular formula is C17H21N9O. The maximum Gasteiger partial charge on any atom is 0.274 e. The molecule has 3 aromatic rings. The Balaban J connectivity index is 1.44. The van der Waals surface area contributed by atoms with Gasteiger partial charge in [0.05, 0.1) is 6.20 Å². The summed E-state index contributed by atoms with van der Waals surface area (Å²) in [5.74, 6) is 2.08. The Hall–Kier alpha value is -3.17. The number of hydrogen-bond donors (Lipinski definition) is 0. The molecule has 1 aliphatic heterocycles. The monoisotopic (exact) mass is 367 g/mol. The quantitative estimate of drug-likeness (QED) is 0.655. The van der Waals surface area contributed by atoms with Crippen molar-refractivity contribution >= 4 is 5.91 Å². The molecular weight excluding hydrogens is 346 g/mol. The highest BCUT2D eigenvalue weighted by Crippen LogP contribution is 2.28. The van der Waals surface area contributed by atoms with Crippen LogP contribution < -0.4 is 0 Å². The van der Waals surface area contributed by atoms with Crippen LogP contribution in [0.15, 0.2) is 31.2 Å². The Bertz CT molecular complexity index is 883. The average molecular weight is 367 g/mol. The van der Waals surface area contributed by atoms with E-state index in [1.807, 2.05) is 4.90 Å². The molecule has 10 heteroatoms. The van der Waals surface area contributed by atoms with Crippen LogP contribution in [0.5, 0.6) is 0 Å². The van der Waals surface area contributed by atoms with Crippen LogP contribution in [-0.2, 0) is 13.1 Å². The topological polar surface area (TPSA) is 108 Å². The third-order valence-corrected chi connectivity index (χ3v) is 4.87. The van der Waals surface area contributed by atoms with Gasteiger partial charge in [-0.1, -0.05) is 0 Å². The van der Waals surface area contributed by atoms with E-state index in [9.17, 15) is 4.79 Å². The van der Waals surface area contributed by atoms with E-state index in [4.69, 9.17) is 0 Å². The minimum atomic E-state index is -0.0645. The minimum Gasteiger partial charge on any atom is -0.337 e. The third kappa shape index (κ3) is 3.55. The van der Waals surface area contributed by atoms with Crippen molar-refractivity contribution in [3.63, 3.8) is 0 Å². The van der Waals surface area contributed by atoms with Gasteiger partial charge in [-0.3, -0.25) is 9.78 Å². The van der Waals surface area contributed by atoms with Crippen LogP contribution in [0.1, 0.15) is 47.8 Å². The molecule has 4 heterocycles. The fraction of sp³-hybridized carbons (Fsp3) is 0.471. The number of amides is 1. The Morgan fingerprint density at radius 2 is 2.04 bits per heavy atom. The molecule has 1 amide bonds. The lowest BCUT2D eigenvalue weighted by molar-refractivity contribution is 0.0703. The lowest BCUT2D eigenvalue weighted by atomic mass is 9.95. The van der Waals surface area contributed by atoms with Gasteiger partial charge in [0, 0.05) is 37.9 Å². The number of likely N-dealkylation sites (tertiary alicyclic amines) is 1. The standard InChI is InChI=1S/C17H21N9O/c1-2-26-15(10-25-12-19-11-21-25)22-23-16(26)13-3-7-24(8-4-13)17(27)14-9-18-5-6-20-14/h5-6,9,11-13H,2-4,7-8,10H2,1H3. The van der Waals surface area contributed by atoms with Gasteiger partial charge in [-0.25, -0.2) is 14.6 Å². The van der Waals surface area contributed by atoms with Crippen molar-refractivity contribution in [2.45, 2.75) is 38.8 Å². The Morgan fingerprint density at radius 1 is 1.19 bits per heavy atom. The summed E-state index contributed by atoms with van der Waals surface area (Å²) < 4.78 is 3.88. The number of rotatable bonds is 5. The minimum absolute atomic E-state index is 0.0645. The van der Waals surface area contributed by atoms with Crippen molar-refractivity contribution < 1.29 is 4.79 Å². The number of nitrogens with zero attached hydrogens (tertiary/aromatic N) is 9. The summed E-state index contributed by atoms with van der Waals surface area (Å²) in [4.78, 5) is 26.4. The first-order chi connectivity index (χ1) is 13.3. The Morgan fingerprint density at radius 3 is 2.70 bits per heavy atom. The highest BCUT2D eigenvalue weighted by atomic mass is 16.2. The van der Waals surface area contributed by atoms with E-state index >= 15 is 0 Å². The lowest BCUT2D eigenvalue weighted by Crippen LogP contribution is -2.38. The molecule has 140 valence electrons. The van der Waals surface area contributed by atoms with Crippen molar-refractivity contribution in [1.29, 1.82) is 0 Å². The van der Waals surface area contributed by atoms with E-state index in [2.05, 4.69) is 41.7 Å². The summed E-state index contributed by atoms with van der Waals surface area (Å²) in [7, 11) is 0. The molecule has 0 aliphatic carbocycles. The maximum atomic E-state index is 12.5. The zero-order valence-corrected chi connectivity index (χ0v) is 15.1. The van der Waals surface area contributed by atoms with Crippen molar-refractivity contribution in [2.75, 3.05) is 13.1 Å². The predicted octanol–water partition coefficient (Wildman–Crippen LogP) is 0.748. The highest BCUT2D eigenvalue weighted by Gasteiger charge is 2.28. The lowest BCUT2D eigenvalue weighted by Gasteiger charge is -2.31. The molecule has 10 nitrogen and oxygen atoms in total. The second-order valence-electron chi connectivity index (χ2n) is 6.47. The Kier molecular flexibility index (Phi) is 4.86. The number of hydrogen-bond acceptors (Lipinski definition) is 7. The molecule has 0 N–H and O–H groups in total. The normalized spacial score (nSPS) is 15.2. The fourth-order valence-corrected chi connectivity index (χ4v) is 3.48. The zero-order chi connectivity index (χ0) is 18.6. The van der Waals surface area contributed by atoms with Gasteiger partial charge in [0.25, 0.3) is 5.91 Å². The molecule has 3 aromatic heterocycles. The summed E-state index contributed by atoms with van der Waals surface area (Å²) in [6, 6.07) is 0. The maximum absolute atomic E-state index is 12.5. The highest BCUT2D eigenvalue weighted by molar-refractivity contribution is 5.92. The van der Waals surface area contributed by atoms with Gasteiger partial charge < -0.3 is 9.47 Å². The molecule has 0 spiro atoms. The van der Waals surface area contributed by atoms with E-state index in [0.717, 1.165) is 31.0 Å². The number of aromatic nitrogens is 8. The predicted molar refractivity (Wildman–Crippen MR) is 94.7 cm³/mol. The smallest absolute Gasteiger partial charge is 0.274 e. The first kappa shape index (κ1) is 17.3. The zero-order valence-electron chi connectivity index (χ0n) is 15.1. The first-order valence-corrected chi connectivity index (χ1v) is 9.06. The summed E-state index contributed by atoms with van der Waals surface area (Å²) in [6.07, 6.45) is 9.51. The summed E-state index contributed by atoms with van der Waals surface area (Å²) in [5, 5.41) is 12.9. The van der Waals surface area contributed by atoms with Crippen LogP contribution in [0.25, 0.3) is 0 Å². The van der Waals surface area contributed by atoms with E-state index in [-0.39, 0.29) is 11.8 Å². The molecule has 0 aromatic carbocycles. The summed E-state index contributed by atoms with van der Waals surface area (Å²) in [6.45, 7) is 4.78. The molecule has 0 bridgehead atoms. The second-order valence-corrected chi connectivity index (χ2v) is 6.47. The van der Waals surface area contributed by atoms with E-state index in [1.54, 1.807) is 23.4 Å². The van der Waals surface area contributed by atoms with Gasteiger partial charge >= 0.3 is 0 Å². The number of piperidine rings is 1. The SMILES string of the molecule is CCn1c(Cn2cncn2)nnc1C1CCN(C(=O)c2cnccn2)CC1. The van der Waals surface area contributed by atoms with E-state index in [1.165, 1.54) is 12.5 Å². The molecule has 1 fully saturated rings. The van der Waals surface area contributed by atoms with Gasteiger partial charge in [0.2, 0.25) is 0 Å². The third-order valence-electron chi connectivity index (χ3n) is 4.87. The van der Waals surface area contributed by atoms with Gasteiger partial charge in [0.15, 0.2) is 5.82 Å².